The summed E-state index contributed by atoms with van der Waals surface area (Å²) < 4.78 is 5.85. The number of hydrogen-bond acceptors (Lipinski definition) is 5. The zero-order valence-electron chi connectivity index (χ0n) is 17.5. The summed E-state index contributed by atoms with van der Waals surface area (Å²) in [5, 5.41) is 19.9. The number of allylic oxidation sites excluding steroid dienone is 1. The van der Waals surface area contributed by atoms with Gasteiger partial charge in [0.25, 0.3) is 0 Å². The van der Waals surface area contributed by atoms with Gasteiger partial charge in [-0.15, -0.1) is 0 Å². The summed E-state index contributed by atoms with van der Waals surface area (Å²) in [5.41, 5.74) is 2.33. The molecule has 1 aliphatic heterocycles. The van der Waals surface area contributed by atoms with Gasteiger partial charge in [-0.2, -0.15) is 0 Å². The highest BCUT2D eigenvalue weighted by atomic mass is 16.6. The number of benzene rings is 1. The van der Waals surface area contributed by atoms with Gasteiger partial charge in [-0.05, 0) is 68.2 Å². The van der Waals surface area contributed by atoms with Crippen LogP contribution in [0, 0.1) is 23.2 Å². The molecular weight excluding hydrogens is 366 g/mol. The van der Waals surface area contributed by atoms with Crippen molar-refractivity contribution < 1.29 is 19.7 Å². The van der Waals surface area contributed by atoms with Crippen LogP contribution in [0.2, 0.25) is 0 Å². The molecule has 5 heteroatoms. The third kappa shape index (κ3) is 3.95. The normalized spacial score (nSPS) is 35.2. The SMILES string of the molecule is C=C1CCC[C@]2(C)C[C@H]3OC(=O)[C@@H](CN(C)C[C@H](O)c4ccc(O)cc4)[C@@H]3C[C@@H]12. The van der Waals surface area contributed by atoms with Crippen molar-refractivity contribution in [2.24, 2.45) is 23.2 Å². The monoisotopic (exact) mass is 399 g/mol. The number of ether oxygens (including phenoxy) is 1. The molecule has 4 rings (SSSR count). The maximum atomic E-state index is 12.7. The van der Waals surface area contributed by atoms with Crippen LogP contribution in [0.1, 0.15) is 50.7 Å². The van der Waals surface area contributed by atoms with Gasteiger partial charge in [0.1, 0.15) is 11.9 Å². The third-order valence-corrected chi connectivity index (χ3v) is 7.59. The van der Waals surface area contributed by atoms with Crippen molar-refractivity contribution in [3.8, 4) is 5.75 Å². The Hall–Kier alpha value is -1.85. The standard InChI is InChI=1S/C24H33NO4/c1-15-5-4-10-24(2)12-22-18(11-20(15)24)19(23(28)29-22)13-25(3)14-21(27)16-6-8-17(26)9-7-16/h6-9,18-22,26-27H,1,4-5,10-14H2,2-3H3/t18-,19-,20-,21-,22+,24+/m0/s1. The van der Waals surface area contributed by atoms with Crippen molar-refractivity contribution in [2.75, 3.05) is 20.1 Å². The van der Waals surface area contributed by atoms with Crippen LogP contribution in [0.15, 0.2) is 36.4 Å². The Morgan fingerprint density at radius 1 is 1.34 bits per heavy atom. The number of carbonyl (C=O) groups is 1. The fourth-order valence-corrected chi connectivity index (χ4v) is 5.97. The molecule has 0 aromatic heterocycles. The van der Waals surface area contributed by atoms with Crippen molar-refractivity contribution >= 4 is 5.97 Å². The van der Waals surface area contributed by atoms with Crippen molar-refractivity contribution in [3.05, 3.63) is 42.0 Å². The molecule has 0 unspecified atom stereocenters. The number of aliphatic hydroxyl groups is 1. The van der Waals surface area contributed by atoms with Gasteiger partial charge >= 0.3 is 5.97 Å². The molecule has 2 saturated carbocycles. The van der Waals surface area contributed by atoms with Crippen LogP contribution in [0.3, 0.4) is 0 Å². The highest BCUT2D eigenvalue weighted by Gasteiger charge is 2.55. The number of phenolic OH excluding ortho intramolecular Hbond substituents is 1. The number of aliphatic hydroxyl groups excluding tert-OH is 1. The number of esters is 1. The van der Waals surface area contributed by atoms with Gasteiger partial charge < -0.3 is 19.8 Å². The van der Waals surface area contributed by atoms with Gasteiger partial charge in [0.2, 0.25) is 0 Å². The highest BCUT2D eigenvalue weighted by molar-refractivity contribution is 5.75. The number of phenols is 1. The number of carbonyl (C=O) groups excluding carboxylic acids is 1. The van der Waals surface area contributed by atoms with Gasteiger partial charge in [-0.1, -0.05) is 31.2 Å². The van der Waals surface area contributed by atoms with Crippen molar-refractivity contribution in [1.82, 2.24) is 4.90 Å². The molecule has 1 aromatic carbocycles. The van der Waals surface area contributed by atoms with E-state index < -0.39 is 6.10 Å². The zero-order chi connectivity index (χ0) is 20.8. The summed E-state index contributed by atoms with van der Waals surface area (Å²) in [5.74, 6) is 0.684. The topological polar surface area (TPSA) is 70.0 Å². The fraction of sp³-hybridized carbons (Fsp3) is 0.625. The minimum atomic E-state index is -0.665. The first-order valence-corrected chi connectivity index (χ1v) is 10.8. The lowest BCUT2D eigenvalue weighted by atomic mass is 9.55. The van der Waals surface area contributed by atoms with E-state index in [0.29, 0.717) is 19.0 Å². The van der Waals surface area contributed by atoms with E-state index in [0.717, 1.165) is 24.8 Å². The number of rotatable bonds is 5. The molecule has 0 amide bonds. The van der Waals surface area contributed by atoms with E-state index in [1.54, 1.807) is 24.3 Å². The highest BCUT2D eigenvalue weighted by Crippen LogP contribution is 2.56. The number of fused-ring (bicyclic) bond motifs is 2. The van der Waals surface area contributed by atoms with Gasteiger partial charge in [-0.25, -0.2) is 0 Å². The van der Waals surface area contributed by atoms with Crippen molar-refractivity contribution in [1.29, 1.82) is 0 Å². The average Bonchev–Trinajstić information content (AvgIpc) is 2.94. The molecule has 0 spiro atoms. The predicted octanol–water partition coefficient (Wildman–Crippen LogP) is 3.67. The fourth-order valence-electron chi connectivity index (χ4n) is 5.97. The van der Waals surface area contributed by atoms with Crippen LogP contribution in [0.4, 0.5) is 0 Å². The summed E-state index contributed by atoms with van der Waals surface area (Å²) in [6, 6.07) is 6.61. The van der Waals surface area contributed by atoms with Crippen molar-refractivity contribution in [2.45, 2.75) is 51.2 Å². The Bertz CT molecular complexity index is 776. The zero-order valence-corrected chi connectivity index (χ0v) is 17.5. The number of hydrogen-bond donors (Lipinski definition) is 2. The molecule has 0 radical (unpaired) electrons. The molecule has 29 heavy (non-hydrogen) atoms. The lowest BCUT2D eigenvalue weighted by molar-refractivity contribution is -0.146. The second-order valence-corrected chi connectivity index (χ2v) is 9.73. The van der Waals surface area contributed by atoms with E-state index in [9.17, 15) is 15.0 Å². The first-order valence-electron chi connectivity index (χ1n) is 10.8. The Balaban J connectivity index is 1.41. The predicted molar refractivity (Wildman–Crippen MR) is 111 cm³/mol. The average molecular weight is 400 g/mol. The molecule has 2 N–H and O–H groups in total. The molecule has 0 bridgehead atoms. The van der Waals surface area contributed by atoms with E-state index in [2.05, 4.69) is 13.5 Å². The molecule has 2 aliphatic carbocycles. The molecular formula is C24H33NO4. The molecule has 1 saturated heterocycles. The first-order chi connectivity index (χ1) is 13.8. The van der Waals surface area contributed by atoms with Crippen LogP contribution < -0.4 is 0 Å². The second-order valence-electron chi connectivity index (χ2n) is 9.73. The lowest BCUT2D eigenvalue weighted by Crippen LogP contribution is -2.45. The third-order valence-electron chi connectivity index (χ3n) is 7.59. The van der Waals surface area contributed by atoms with Crippen LogP contribution in [-0.2, 0) is 9.53 Å². The maximum absolute atomic E-state index is 12.7. The molecule has 1 heterocycles. The second kappa shape index (κ2) is 7.77. The van der Waals surface area contributed by atoms with E-state index in [1.165, 1.54) is 18.4 Å². The molecule has 3 fully saturated rings. The van der Waals surface area contributed by atoms with E-state index in [-0.39, 0.29) is 35.1 Å². The Morgan fingerprint density at radius 2 is 2.07 bits per heavy atom. The van der Waals surface area contributed by atoms with Crippen LogP contribution in [0.5, 0.6) is 5.75 Å². The molecule has 5 nitrogen and oxygen atoms in total. The van der Waals surface area contributed by atoms with E-state index in [1.807, 2.05) is 11.9 Å². The lowest BCUT2D eigenvalue weighted by Gasteiger charge is -2.50. The Kier molecular flexibility index (Phi) is 5.47. The summed E-state index contributed by atoms with van der Waals surface area (Å²) in [6.07, 6.45) is 4.79. The van der Waals surface area contributed by atoms with Crippen LogP contribution in [0.25, 0.3) is 0 Å². The largest absolute Gasteiger partial charge is 0.508 e. The van der Waals surface area contributed by atoms with E-state index >= 15 is 0 Å². The quantitative estimate of drug-likeness (QED) is 0.584. The van der Waals surface area contributed by atoms with Crippen molar-refractivity contribution in [3.63, 3.8) is 0 Å². The van der Waals surface area contributed by atoms with Gasteiger partial charge in [0.05, 0.1) is 12.0 Å². The van der Waals surface area contributed by atoms with Gasteiger partial charge in [-0.3, -0.25) is 4.79 Å². The summed E-state index contributed by atoms with van der Waals surface area (Å²) in [7, 11) is 1.94. The van der Waals surface area contributed by atoms with Gasteiger partial charge in [0.15, 0.2) is 0 Å². The summed E-state index contributed by atoms with van der Waals surface area (Å²) >= 11 is 0. The number of aromatic hydroxyl groups is 1. The molecule has 3 aliphatic rings. The minimum Gasteiger partial charge on any atom is -0.508 e. The smallest absolute Gasteiger partial charge is 0.310 e. The Morgan fingerprint density at radius 3 is 2.79 bits per heavy atom. The summed E-state index contributed by atoms with van der Waals surface area (Å²) in [6.45, 7) is 7.72. The minimum absolute atomic E-state index is 0.0232. The Labute approximate surface area is 173 Å². The van der Waals surface area contributed by atoms with Crippen LogP contribution >= 0.6 is 0 Å². The number of nitrogens with zero attached hydrogens (tertiary/aromatic N) is 1. The summed E-state index contributed by atoms with van der Waals surface area (Å²) in [4.78, 5) is 14.7. The maximum Gasteiger partial charge on any atom is 0.310 e. The van der Waals surface area contributed by atoms with Crippen LogP contribution in [-0.4, -0.2) is 47.3 Å². The van der Waals surface area contributed by atoms with Gasteiger partial charge in [0, 0.05) is 19.0 Å². The molecule has 1 aromatic rings. The van der Waals surface area contributed by atoms with E-state index in [4.69, 9.17) is 4.74 Å². The molecule has 6 atom stereocenters. The number of likely N-dealkylation sites (N-methyl/N-ethyl adjacent to an activating group) is 1. The first kappa shape index (κ1) is 20.4. The molecule has 158 valence electrons.